The fourth-order valence-corrected chi connectivity index (χ4v) is 4.48. The van der Waals surface area contributed by atoms with Crippen molar-refractivity contribution in [1.29, 1.82) is 5.26 Å². The Bertz CT molecular complexity index is 1250. The summed E-state index contributed by atoms with van der Waals surface area (Å²) in [7, 11) is 1.87. The summed E-state index contributed by atoms with van der Waals surface area (Å²) < 4.78 is 6.03. The zero-order chi connectivity index (χ0) is 21.6. The number of fused-ring (bicyclic) bond motifs is 1. The standard InChI is InChI=1S/C22H19ClN2O5/c1-25-5-4-13(15(25)10-26)20-16(27)7-17(28)21-18(29)8-19(30-22(20)21)12-3-2-11(9-24)6-14(12)23/h2-3,6-8,13,15,26-28H,4-5,10H2,1H3/t13-,15+/m1/s1. The summed E-state index contributed by atoms with van der Waals surface area (Å²) in [6, 6.07) is 8.68. The number of likely N-dealkylation sites (N-methyl/N-ethyl adjacent to an activating group) is 1. The van der Waals surface area contributed by atoms with E-state index >= 15 is 0 Å². The number of hydrogen-bond acceptors (Lipinski definition) is 7. The molecule has 1 aromatic heterocycles. The monoisotopic (exact) mass is 426 g/mol. The van der Waals surface area contributed by atoms with E-state index in [1.54, 1.807) is 12.1 Å². The quantitative estimate of drug-likeness (QED) is 0.588. The second-order valence-corrected chi connectivity index (χ2v) is 7.85. The summed E-state index contributed by atoms with van der Waals surface area (Å²) in [5, 5.41) is 40.0. The van der Waals surface area contributed by atoms with E-state index in [1.165, 1.54) is 12.1 Å². The second kappa shape index (κ2) is 7.65. The SMILES string of the molecule is CN1CC[C@@H](c2c(O)cc(O)c3c(=O)cc(-c4ccc(C#N)cc4Cl)oc23)[C@@H]1CO. The number of likely N-dealkylation sites (tertiary alicyclic amines) is 1. The lowest BCUT2D eigenvalue weighted by Crippen LogP contribution is -2.32. The molecule has 3 aromatic rings. The molecule has 2 atom stereocenters. The molecule has 1 fully saturated rings. The first-order chi connectivity index (χ1) is 14.3. The van der Waals surface area contributed by atoms with Crippen LogP contribution in [-0.2, 0) is 0 Å². The Morgan fingerprint density at radius 1 is 1.27 bits per heavy atom. The number of hydrogen-bond donors (Lipinski definition) is 3. The maximum atomic E-state index is 12.9. The van der Waals surface area contributed by atoms with E-state index in [0.717, 1.165) is 6.07 Å². The highest BCUT2D eigenvalue weighted by Gasteiger charge is 2.36. The number of benzene rings is 2. The van der Waals surface area contributed by atoms with Crippen LogP contribution in [0.25, 0.3) is 22.3 Å². The number of aliphatic hydroxyl groups is 1. The number of nitrogens with zero attached hydrogens (tertiary/aromatic N) is 2. The number of rotatable bonds is 3. The van der Waals surface area contributed by atoms with Crippen molar-refractivity contribution >= 4 is 22.6 Å². The van der Waals surface area contributed by atoms with E-state index in [-0.39, 0.29) is 51.8 Å². The summed E-state index contributed by atoms with van der Waals surface area (Å²) in [6.07, 6.45) is 0.640. The molecule has 154 valence electrons. The van der Waals surface area contributed by atoms with Gasteiger partial charge in [-0.3, -0.25) is 4.79 Å². The smallest absolute Gasteiger partial charge is 0.197 e. The lowest BCUT2D eigenvalue weighted by Gasteiger charge is -2.24. The largest absolute Gasteiger partial charge is 0.507 e. The van der Waals surface area contributed by atoms with Crippen LogP contribution in [0, 0.1) is 11.3 Å². The molecule has 1 aliphatic rings. The lowest BCUT2D eigenvalue weighted by atomic mass is 9.89. The van der Waals surface area contributed by atoms with Crippen molar-refractivity contribution in [3.05, 3.63) is 56.7 Å². The van der Waals surface area contributed by atoms with Crippen LogP contribution in [0.5, 0.6) is 11.5 Å². The molecule has 0 bridgehead atoms. The molecule has 0 spiro atoms. The summed E-state index contributed by atoms with van der Waals surface area (Å²) in [5.41, 5.74) is 0.717. The number of aromatic hydroxyl groups is 2. The van der Waals surface area contributed by atoms with Gasteiger partial charge in [0.2, 0.25) is 0 Å². The van der Waals surface area contributed by atoms with E-state index in [2.05, 4.69) is 0 Å². The first-order valence-corrected chi connectivity index (χ1v) is 9.77. The van der Waals surface area contributed by atoms with Crippen molar-refractivity contribution in [1.82, 2.24) is 4.90 Å². The van der Waals surface area contributed by atoms with Gasteiger partial charge in [0, 0.05) is 35.2 Å². The number of aliphatic hydroxyl groups excluding tert-OH is 1. The first-order valence-electron chi connectivity index (χ1n) is 9.39. The Labute approximate surface area is 177 Å². The summed E-state index contributed by atoms with van der Waals surface area (Å²) >= 11 is 6.29. The maximum Gasteiger partial charge on any atom is 0.197 e. The van der Waals surface area contributed by atoms with Crippen LogP contribution in [0.3, 0.4) is 0 Å². The van der Waals surface area contributed by atoms with Gasteiger partial charge in [0.25, 0.3) is 0 Å². The van der Waals surface area contributed by atoms with Crippen molar-refractivity contribution in [2.75, 3.05) is 20.2 Å². The third kappa shape index (κ3) is 3.19. The third-order valence-electron chi connectivity index (χ3n) is 5.74. The number of nitriles is 1. The zero-order valence-electron chi connectivity index (χ0n) is 16.1. The lowest BCUT2D eigenvalue weighted by molar-refractivity contribution is 0.172. The van der Waals surface area contributed by atoms with E-state index < -0.39 is 5.43 Å². The predicted molar refractivity (Wildman–Crippen MR) is 112 cm³/mol. The van der Waals surface area contributed by atoms with Gasteiger partial charge < -0.3 is 24.6 Å². The third-order valence-corrected chi connectivity index (χ3v) is 6.06. The molecule has 1 saturated heterocycles. The van der Waals surface area contributed by atoms with Gasteiger partial charge in [0.15, 0.2) is 5.43 Å². The minimum absolute atomic E-state index is 0.0393. The van der Waals surface area contributed by atoms with Gasteiger partial charge in [-0.1, -0.05) is 11.6 Å². The van der Waals surface area contributed by atoms with Crippen LogP contribution in [-0.4, -0.2) is 46.5 Å². The highest BCUT2D eigenvalue weighted by atomic mass is 35.5. The molecule has 0 amide bonds. The van der Waals surface area contributed by atoms with Gasteiger partial charge in [-0.15, -0.1) is 0 Å². The average Bonchev–Trinajstić information content (AvgIpc) is 3.07. The Hall–Kier alpha value is -3.05. The summed E-state index contributed by atoms with van der Waals surface area (Å²) in [5.74, 6) is -0.729. The van der Waals surface area contributed by atoms with Crippen LogP contribution in [0.15, 0.2) is 39.5 Å². The molecule has 2 aromatic carbocycles. The molecule has 2 heterocycles. The van der Waals surface area contributed by atoms with Crippen LogP contribution >= 0.6 is 11.6 Å². The molecule has 0 aliphatic carbocycles. The van der Waals surface area contributed by atoms with Gasteiger partial charge in [-0.2, -0.15) is 5.26 Å². The highest BCUT2D eigenvalue weighted by Crippen LogP contribution is 2.44. The molecule has 1 aliphatic heterocycles. The average molecular weight is 427 g/mol. The van der Waals surface area contributed by atoms with Gasteiger partial charge in [-0.05, 0) is 38.2 Å². The zero-order valence-corrected chi connectivity index (χ0v) is 16.8. The van der Waals surface area contributed by atoms with E-state index in [9.17, 15) is 20.1 Å². The van der Waals surface area contributed by atoms with Crippen LogP contribution in [0.4, 0.5) is 0 Å². The number of phenols is 2. The van der Waals surface area contributed by atoms with Crippen molar-refractivity contribution in [2.24, 2.45) is 0 Å². The number of halogens is 1. The highest BCUT2D eigenvalue weighted by molar-refractivity contribution is 6.33. The molecule has 8 heteroatoms. The molecule has 30 heavy (non-hydrogen) atoms. The molecule has 0 unspecified atom stereocenters. The summed E-state index contributed by atoms with van der Waals surface area (Å²) in [4.78, 5) is 14.8. The van der Waals surface area contributed by atoms with E-state index in [4.69, 9.17) is 21.3 Å². The van der Waals surface area contributed by atoms with E-state index in [1.807, 2.05) is 18.0 Å². The van der Waals surface area contributed by atoms with Gasteiger partial charge >= 0.3 is 0 Å². The summed E-state index contributed by atoms with van der Waals surface area (Å²) in [6.45, 7) is 0.567. The van der Waals surface area contributed by atoms with Crippen LogP contribution < -0.4 is 5.43 Å². The fraction of sp³-hybridized carbons (Fsp3) is 0.273. The fourth-order valence-electron chi connectivity index (χ4n) is 4.21. The first kappa shape index (κ1) is 20.2. The topological polar surface area (TPSA) is 118 Å². The van der Waals surface area contributed by atoms with Crippen molar-refractivity contribution in [2.45, 2.75) is 18.4 Å². The van der Waals surface area contributed by atoms with Crippen LogP contribution in [0.1, 0.15) is 23.5 Å². The molecular formula is C22H19ClN2O5. The molecule has 0 saturated carbocycles. The molecule has 7 nitrogen and oxygen atoms in total. The van der Waals surface area contributed by atoms with Gasteiger partial charge in [0.1, 0.15) is 28.2 Å². The van der Waals surface area contributed by atoms with Crippen molar-refractivity contribution in [3.63, 3.8) is 0 Å². The molecular weight excluding hydrogens is 408 g/mol. The Balaban J connectivity index is 2.00. The Morgan fingerprint density at radius 3 is 2.70 bits per heavy atom. The maximum absolute atomic E-state index is 12.9. The Morgan fingerprint density at radius 2 is 2.03 bits per heavy atom. The van der Waals surface area contributed by atoms with Crippen molar-refractivity contribution < 1.29 is 19.7 Å². The van der Waals surface area contributed by atoms with Crippen LogP contribution in [0.2, 0.25) is 5.02 Å². The normalized spacial score (nSPS) is 19.3. The minimum Gasteiger partial charge on any atom is -0.507 e. The minimum atomic E-state index is -0.489. The number of phenolic OH excluding ortho intramolecular Hbond substituents is 2. The molecule has 4 rings (SSSR count). The molecule has 0 radical (unpaired) electrons. The van der Waals surface area contributed by atoms with Crippen molar-refractivity contribution in [3.8, 4) is 28.9 Å². The van der Waals surface area contributed by atoms with Gasteiger partial charge in [0.05, 0.1) is 23.3 Å². The Kier molecular flexibility index (Phi) is 5.16. The van der Waals surface area contributed by atoms with Gasteiger partial charge in [-0.25, -0.2) is 0 Å². The van der Waals surface area contributed by atoms with E-state index in [0.29, 0.717) is 29.7 Å². The second-order valence-electron chi connectivity index (χ2n) is 7.44. The predicted octanol–water partition coefficient (Wildman–Crippen LogP) is 3.18. The molecule has 3 N–H and O–H groups in total.